The van der Waals surface area contributed by atoms with Crippen LogP contribution in [0.5, 0.6) is 0 Å². The van der Waals surface area contributed by atoms with Crippen molar-refractivity contribution < 1.29 is 22.3 Å². The molecule has 0 amide bonds. The highest BCUT2D eigenvalue weighted by Gasteiger charge is 2.29. The smallest absolute Gasteiger partial charge is 0.306 e. The maximum Gasteiger partial charge on any atom is 0.306 e. The lowest BCUT2D eigenvalue weighted by atomic mass is 10.2. The fourth-order valence-corrected chi connectivity index (χ4v) is 3.23. The molecule has 0 aliphatic carbocycles. The summed E-state index contributed by atoms with van der Waals surface area (Å²) in [6.07, 6.45) is 1.40. The molecule has 0 saturated heterocycles. The zero-order valence-electron chi connectivity index (χ0n) is 11.5. The number of aliphatic hydroxyl groups excluding tert-OH is 1. The molecule has 0 saturated carbocycles. The molecule has 1 aromatic carbocycles. The van der Waals surface area contributed by atoms with E-state index < -0.39 is 40.3 Å². The molecule has 0 bridgehead atoms. The van der Waals surface area contributed by atoms with Crippen LogP contribution in [0.1, 0.15) is 11.3 Å². The Morgan fingerprint density at radius 1 is 1.36 bits per heavy atom. The van der Waals surface area contributed by atoms with Gasteiger partial charge in [0.25, 0.3) is 10.0 Å². The SMILES string of the molecule is C#CC(O)Cc1c(F)nc(F)n1S(=O)(=O)c1ccc(C)cc1. The molecule has 0 spiro atoms. The molecular formula is C14H12F2N2O3S. The number of hydrogen-bond acceptors (Lipinski definition) is 4. The molecule has 1 unspecified atom stereocenters. The van der Waals surface area contributed by atoms with Crippen LogP contribution in [0.4, 0.5) is 8.78 Å². The topological polar surface area (TPSA) is 72.2 Å². The van der Waals surface area contributed by atoms with Crippen molar-refractivity contribution in [1.29, 1.82) is 0 Å². The van der Waals surface area contributed by atoms with Gasteiger partial charge in [-0.1, -0.05) is 23.6 Å². The summed E-state index contributed by atoms with van der Waals surface area (Å²) in [5.74, 6) is 0.575. The number of aromatic nitrogens is 2. The van der Waals surface area contributed by atoms with E-state index in [0.717, 1.165) is 5.56 Å². The molecule has 0 aliphatic rings. The Bertz CT molecular complexity index is 836. The average Bonchev–Trinajstić information content (AvgIpc) is 2.74. The zero-order valence-corrected chi connectivity index (χ0v) is 12.3. The first-order chi connectivity index (χ1) is 10.3. The van der Waals surface area contributed by atoms with Gasteiger partial charge < -0.3 is 5.11 Å². The molecule has 1 atom stereocenters. The fourth-order valence-electron chi connectivity index (χ4n) is 1.86. The number of terminal acetylenes is 1. The quantitative estimate of drug-likeness (QED) is 0.858. The maximum absolute atomic E-state index is 13.8. The van der Waals surface area contributed by atoms with Gasteiger partial charge in [0, 0.05) is 6.42 Å². The summed E-state index contributed by atoms with van der Waals surface area (Å²) in [5, 5.41) is 9.38. The van der Waals surface area contributed by atoms with E-state index in [1.165, 1.54) is 24.3 Å². The van der Waals surface area contributed by atoms with Crippen molar-refractivity contribution in [3.63, 3.8) is 0 Å². The molecule has 22 heavy (non-hydrogen) atoms. The Morgan fingerprint density at radius 3 is 2.50 bits per heavy atom. The monoisotopic (exact) mass is 326 g/mol. The standard InChI is InChI=1S/C14H12F2N2O3S/c1-3-10(19)8-12-13(15)17-14(16)18(12)22(20,21)11-6-4-9(2)5-7-11/h1,4-7,10,19H,8H2,2H3. The van der Waals surface area contributed by atoms with Crippen molar-refractivity contribution in [2.45, 2.75) is 24.3 Å². The molecule has 0 radical (unpaired) electrons. The first-order valence-corrected chi connectivity index (χ1v) is 7.60. The van der Waals surface area contributed by atoms with Gasteiger partial charge >= 0.3 is 6.08 Å². The van der Waals surface area contributed by atoms with Gasteiger partial charge in [-0.05, 0) is 19.1 Å². The summed E-state index contributed by atoms with van der Waals surface area (Å²) in [6, 6.07) is 5.58. The molecule has 0 fully saturated rings. The summed E-state index contributed by atoms with van der Waals surface area (Å²) >= 11 is 0. The van der Waals surface area contributed by atoms with Gasteiger partial charge in [-0.2, -0.15) is 17.7 Å². The van der Waals surface area contributed by atoms with Crippen LogP contribution in [-0.2, 0) is 16.4 Å². The first kappa shape index (κ1) is 16.1. The van der Waals surface area contributed by atoms with E-state index in [0.29, 0.717) is 0 Å². The zero-order chi connectivity index (χ0) is 16.5. The second-order valence-corrected chi connectivity index (χ2v) is 6.37. The van der Waals surface area contributed by atoms with Gasteiger partial charge in [0.1, 0.15) is 6.10 Å². The van der Waals surface area contributed by atoms with E-state index in [9.17, 15) is 22.3 Å². The molecule has 1 N–H and O–H groups in total. The minimum atomic E-state index is -4.39. The van der Waals surface area contributed by atoms with E-state index in [4.69, 9.17) is 6.42 Å². The van der Waals surface area contributed by atoms with Crippen molar-refractivity contribution >= 4 is 10.0 Å². The molecule has 0 aliphatic heterocycles. The molecule has 1 heterocycles. The average molecular weight is 326 g/mol. The number of imidazole rings is 1. The molecule has 116 valence electrons. The molecule has 8 heteroatoms. The summed E-state index contributed by atoms with van der Waals surface area (Å²) in [5.41, 5.74) is 0.169. The van der Waals surface area contributed by atoms with E-state index in [1.807, 2.05) is 5.92 Å². The van der Waals surface area contributed by atoms with Crippen molar-refractivity contribution in [3.8, 4) is 12.3 Å². The minimum Gasteiger partial charge on any atom is -0.380 e. The second kappa shape index (κ2) is 5.87. The van der Waals surface area contributed by atoms with Crippen molar-refractivity contribution in [2.75, 3.05) is 0 Å². The number of hydrogen-bond donors (Lipinski definition) is 1. The van der Waals surface area contributed by atoms with Crippen LogP contribution in [0.15, 0.2) is 29.2 Å². The number of nitrogens with zero attached hydrogens (tertiary/aromatic N) is 2. The Labute approximate surface area is 126 Å². The van der Waals surface area contributed by atoms with E-state index >= 15 is 0 Å². The van der Waals surface area contributed by atoms with Crippen LogP contribution in [0.2, 0.25) is 0 Å². The number of benzene rings is 1. The third kappa shape index (κ3) is 2.86. The lowest BCUT2D eigenvalue weighted by molar-refractivity contribution is 0.230. The van der Waals surface area contributed by atoms with Crippen molar-refractivity contribution in [2.24, 2.45) is 0 Å². The van der Waals surface area contributed by atoms with Crippen LogP contribution in [0.3, 0.4) is 0 Å². The molecule has 2 rings (SSSR count). The van der Waals surface area contributed by atoms with Gasteiger partial charge in [-0.15, -0.1) is 6.42 Å². The van der Waals surface area contributed by atoms with Crippen LogP contribution >= 0.6 is 0 Å². The first-order valence-electron chi connectivity index (χ1n) is 6.16. The lowest BCUT2D eigenvalue weighted by Crippen LogP contribution is -2.21. The van der Waals surface area contributed by atoms with E-state index in [2.05, 4.69) is 4.98 Å². The molecule has 1 aromatic heterocycles. The molecule has 2 aromatic rings. The Morgan fingerprint density at radius 2 is 1.95 bits per heavy atom. The van der Waals surface area contributed by atoms with Gasteiger partial charge in [0.05, 0.1) is 10.6 Å². The molecular weight excluding hydrogens is 314 g/mol. The Kier molecular flexibility index (Phi) is 4.30. The third-order valence-electron chi connectivity index (χ3n) is 2.98. The van der Waals surface area contributed by atoms with Crippen LogP contribution in [-0.4, -0.2) is 28.6 Å². The Balaban J connectivity index is 2.61. The van der Waals surface area contributed by atoms with E-state index in [-0.39, 0.29) is 8.87 Å². The number of aryl methyl sites for hydroxylation is 1. The summed E-state index contributed by atoms with van der Waals surface area (Å²) in [6.45, 7) is 1.75. The largest absolute Gasteiger partial charge is 0.380 e. The van der Waals surface area contributed by atoms with Crippen LogP contribution in [0, 0.1) is 31.3 Å². The van der Waals surface area contributed by atoms with Crippen molar-refractivity contribution in [1.82, 2.24) is 8.96 Å². The van der Waals surface area contributed by atoms with Gasteiger partial charge in [0.15, 0.2) is 0 Å². The van der Waals surface area contributed by atoms with Gasteiger partial charge in [-0.3, -0.25) is 0 Å². The molecule has 5 nitrogen and oxygen atoms in total. The second-order valence-electron chi connectivity index (χ2n) is 4.59. The highest BCUT2D eigenvalue weighted by Crippen LogP contribution is 2.21. The summed E-state index contributed by atoms with van der Waals surface area (Å²) in [7, 11) is -4.39. The summed E-state index contributed by atoms with van der Waals surface area (Å²) < 4.78 is 52.5. The van der Waals surface area contributed by atoms with Gasteiger partial charge in [0.2, 0.25) is 5.95 Å². The van der Waals surface area contributed by atoms with E-state index in [1.54, 1.807) is 6.92 Å². The summed E-state index contributed by atoms with van der Waals surface area (Å²) in [4.78, 5) is 2.65. The number of rotatable bonds is 4. The predicted molar refractivity (Wildman–Crippen MR) is 74.4 cm³/mol. The third-order valence-corrected chi connectivity index (χ3v) is 4.70. The predicted octanol–water partition coefficient (Wildman–Crippen LogP) is 1.24. The van der Waals surface area contributed by atoms with Crippen LogP contribution in [0.25, 0.3) is 0 Å². The number of aliphatic hydroxyl groups is 1. The highest BCUT2D eigenvalue weighted by molar-refractivity contribution is 7.90. The fraction of sp³-hybridized carbons (Fsp3) is 0.214. The highest BCUT2D eigenvalue weighted by atomic mass is 32.2. The normalized spacial score (nSPS) is 12.9. The minimum absolute atomic E-state index is 0.119. The van der Waals surface area contributed by atoms with Crippen molar-refractivity contribution in [3.05, 3.63) is 47.5 Å². The Hall–Kier alpha value is -2.24. The van der Waals surface area contributed by atoms with Crippen LogP contribution < -0.4 is 0 Å². The maximum atomic E-state index is 13.8. The van der Waals surface area contributed by atoms with Gasteiger partial charge in [-0.25, -0.2) is 8.42 Å². The lowest BCUT2D eigenvalue weighted by Gasteiger charge is -2.11. The number of halogens is 2.